The molecule has 0 fully saturated rings. The molecule has 0 heterocycles. The molecule has 0 atom stereocenters. The van der Waals surface area contributed by atoms with Gasteiger partial charge in [0.25, 0.3) is 0 Å². The van der Waals surface area contributed by atoms with Crippen LogP contribution in [0.5, 0.6) is 17.2 Å². The zero-order valence-electron chi connectivity index (χ0n) is 13.1. The van der Waals surface area contributed by atoms with Gasteiger partial charge < -0.3 is 24.8 Å². The molecule has 0 saturated carbocycles. The Hall–Kier alpha value is -1.95. The van der Waals surface area contributed by atoms with E-state index in [-0.39, 0.29) is 0 Å². The molecule has 1 aromatic carbocycles. The lowest BCUT2D eigenvalue weighted by molar-refractivity contribution is 0.0999. The average molecular weight is 296 g/mol. The molecule has 0 bridgehead atoms. The van der Waals surface area contributed by atoms with Crippen molar-refractivity contribution in [3.63, 3.8) is 0 Å². The summed E-state index contributed by atoms with van der Waals surface area (Å²) < 4.78 is 16.3. The van der Waals surface area contributed by atoms with Crippen LogP contribution in [-0.2, 0) is 0 Å². The Morgan fingerprint density at radius 1 is 1.14 bits per heavy atom. The summed E-state index contributed by atoms with van der Waals surface area (Å²) in [5.74, 6) is 0.809. The number of benzene rings is 1. The van der Waals surface area contributed by atoms with Crippen LogP contribution in [0.1, 0.15) is 24.2 Å². The first-order valence-electron chi connectivity index (χ1n) is 6.98. The first kappa shape index (κ1) is 17.1. The summed E-state index contributed by atoms with van der Waals surface area (Å²) in [5.41, 5.74) is 5.61. The van der Waals surface area contributed by atoms with Gasteiger partial charge in [-0.2, -0.15) is 0 Å². The minimum absolute atomic E-state index is 0.319. The number of hydrogen-bond acceptors (Lipinski definition) is 5. The van der Waals surface area contributed by atoms with Crippen molar-refractivity contribution >= 4 is 5.91 Å². The van der Waals surface area contributed by atoms with Crippen LogP contribution in [0.25, 0.3) is 0 Å². The van der Waals surface area contributed by atoms with Crippen LogP contribution in [0.2, 0.25) is 0 Å². The van der Waals surface area contributed by atoms with Crippen LogP contribution < -0.4 is 19.9 Å². The predicted molar refractivity (Wildman–Crippen MR) is 81.3 cm³/mol. The lowest BCUT2D eigenvalue weighted by Gasteiger charge is -2.20. The Morgan fingerprint density at radius 2 is 1.67 bits per heavy atom. The summed E-state index contributed by atoms with van der Waals surface area (Å²) in [7, 11) is 3.02. The highest BCUT2D eigenvalue weighted by molar-refractivity contribution is 5.94. The highest BCUT2D eigenvalue weighted by atomic mass is 16.5. The van der Waals surface area contributed by atoms with Crippen molar-refractivity contribution in [2.45, 2.75) is 13.8 Å². The number of likely N-dealkylation sites (N-methyl/N-ethyl adjacent to an activating group) is 1. The van der Waals surface area contributed by atoms with Crippen molar-refractivity contribution in [2.75, 3.05) is 40.5 Å². The number of carbonyl (C=O) groups excluding carboxylic acids is 1. The van der Waals surface area contributed by atoms with E-state index in [1.807, 2.05) is 0 Å². The summed E-state index contributed by atoms with van der Waals surface area (Å²) >= 11 is 0. The lowest BCUT2D eigenvalue weighted by atomic mass is 10.1. The number of nitrogens with zero attached hydrogens (tertiary/aromatic N) is 1. The second kappa shape index (κ2) is 8.36. The SMILES string of the molecule is CCN(CC)CCOc1c(OC)cc(C(N)=O)cc1OC. The molecule has 0 radical (unpaired) electrons. The van der Waals surface area contributed by atoms with Crippen molar-refractivity contribution in [3.8, 4) is 17.2 Å². The van der Waals surface area contributed by atoms with E-state index in [4.69, 9.17) is 19.9 Å². The van der Waals surface area contributed by atoms with Gasteiger partial charge in [0.05, 0.1) is 14.2 Å². The molecular formula is C15H24N2O4. The molecule has 6 nitrogen and oxygen atoms in total. The second-order valence-corrected chi connectivity index (χ2v) is 4.45. The van der Waals surface area contributed by atoms with Gasteiger partial charge in [0.2, 0.25) is 11.7 Å². The molecule has 0 aliphatic heterocycles. The summed E-state index contributed by atoms with van der Waals surface area (Å²) in [6.07, 6.45) is 0. The molecule has 0 spiro atoms. The van der Waals surface area contributed by atoms with Crippen LogP contribution in [-0.4, -0.2) is 51.3 Å². The Balaban J connectivity index is 2.91. The number of hydrogen-bond donors (Lipinski definition) is 1. The van der Waals surface area contributed by atoms with E-state index >= 15 is 0 Å². The minimum atomic E-state index is -0.540. The van der Waals surface area contributed by atoms with E-state index in [1.165, 1.54) is 14.2 Å². The Kier molecular flexibility index (Phi) is 6.81. The summed E-state index contributed by atoms with van der Waals surface area (Å²) in [4.78, 5) is 13.5. The standard InChI is InChI=1S/C15H24N2O4/c1-5-17(6-2)7-8-21-14-12(19-3)9-11(15(16)18)10-13(14)20-4/h9-10H,5-8H2,1-4H3,(H2,16,18). The monoisotopic (exact) mass is 296 g/mol. The van der Waals surface area contributed by atoms with Crippen molar-refractivity contribution in [1.82, 2.24) is 4.90 Å². The normalized spacial score (nSPS) is 10.5. The average Bonchev–Trinajstić information content (AvgIpc) is 2.50. The minimum Gasteiger partial charge on any atom is -0.493 e. The van der Waals surface area contributed by atoms with Crippen molar-refractivity contribution < 1.29 is 19.0 Å². The Labute approximate surface area is 125 Å². The number of carbonyl (C=O) groups is 1. The first-order valence-corrected chi connectivity index (χ1v) is 6.98. The topological polar surface area (TPSA) is 74.0 Å². The highest BCUT2D eigenvalue weighted by Crippen LogP contribution is 2.38. The number of primary amides is 1. The van der Waals surface area contributed by atoms with Gasteiger partial charge in [-0.05, 0) is 25.2 Å². The molecule has 0 aromatic heterocycles. The van der Waals surface area contributed by atoms with Crippen LogP contribution in [0.3, 0.4) is 0 Å². The third-order valence-electron chi connectivity index (χ3n) is 3.29. The maximum absolute atomic E-state index is 11.3. The van der Waals surface area contributed by atoms with Crippen LogP contribution in [0, 0.1) is 0 Å². The molecule has 6 heteroatoms. The molecule has 1 rings (SSSR count). The zero-order valence-corrected chi connectivity index (χ0v) is 13.1. The highest BCUT2D eigenvalue weighted by Gasteiger charge is 2.16. The van der Waals surface area contributed by atoms with Gasteiger partial charge in [-0.15, -0.1) is 0 Å². The van der Waals surface area contributed by atoms with Crippen LogP contribution >= 0.6 is 0 Å². The van der Waals surface area contributed by atoms with Gasteiger partial charge in [-0.1, -0.05) is 13.8 Å². The third kappa shape index (κ3) is 4.53. The zero-order chi connectivity index (χ0) is 15.8. The number of ether oxygens (including phenoxy) is 3. The summed E-state index contributed by atoms with van der Waals surface area (Å²) in [5, 5.41) is 0. The molecule has 21 heavy (non-hydrogen) atoms. The maximum Gasteiger partial charge on any atom is 0.248 e. The largest absolute Gasteiger partial charge is 0.493 e. The molecule has 0 unspecified atom stereocenters. The maximum atomic E-state index is 11.3. The fourth-order valence-corrected chi connectivity index (χ4v) is 1.98. The smallest absolute Gasteiger partial charge is 0.248 e. The number of nitrogens with two attached hydrogens (primary N) is 1. The molecule has 0 aliphatic carbocycles. The number of methoxy groups -OCH3 is 2. The van der Waals surface area contributed by atoms with E-state index in [2.05, 4.69) is 18.7 Å². The molecule has 1 amide bonds. The van der Waals surface area contributed by atoms with E-state index in [9.17, 15) is 4.79 Å². The van der Waals surface area contributed by atoms with Crippen LogP contribution in [0.15, 0.2) is 12.1 Å². The van der Waals surface area contributed by atoms with Gasteiger partial charge in [-0.25, -0.2) is 0 Å². The fourth-order valence-electron chi connectivity index (χ4n) is 1.98. The summed E-state index contributed by atoms with van der Waals surface area (Å²) in [6.45, 7) is 7.45. The van der Waals surface area contributed by atoms with Crippen molar-refractivity contribution in [2.24, 2.45) is 5.73 Å². The second-order valence-electron chi connectivity index (χ2n) is 4.45. The molecule has 1 aromatic rings. The van der Waals surface area contributed by atoms with Gasteiger partial charge in [0, 0.05) is 12.1 Å². The molecular weight excluding hydrogens is 272 g/mol. The lowest BCUT2D eigenvalue weighted by Crippen LogP contribution is -2.28. The van der Waals surface area contributed by atoms with Gasteiger partial charge >= 0.3 is 0 Å². The Morgan fingerprint density at radius 3 is 2.05 bits per heavy atom. The fraction of sp³-hybridized carbons (Fsp3) is 0.533. The van der Waals surface area contributed by atoms with E-state index in [0.29, 0.717) is 29.4 Å². The van der Waals surface area contributed by atoms with Crippen LogP contribution in [0.4, 0.5) is 0 Å². The van der Waals surface area contributed by atoms with Gasteiger partial charge in [0.1, 0.15) is 6.61 Å². The summed E-state index contributed by atoms with van der Waals surface area (Å²) in [6, 6.07) is 3.11. The first-order chi connectivity index (χ1) is 10.1. The molecule has 2 N–H and O–H groups in total. The van der Waals surface area contributed by atoms with E-state index in [1.54, 1.807) is 12.1 Å². The quantitative estimate of drug-likeness (QED) is 0.748. The predicted octanol–water partition coefficient (Wildman–Crippen LogP) is 1.52. The van der Waals surface area contributed by atoms with Crippen molar-refractivity contribution in [3.05, 3.63) is 17.7 Å². The third-order valence-corrected chi connectivity index (χ3v) is 3.29. The van der Waals surface area contributed by atoms with Crippen molar-refractivity contribution in [1.29, 1.82) is 0 Å². The van der Waals surface area contributed by atoms with E-state index in [0.717, 1.165) is 19.6 Å². The van der Waals surface area contributed by atoms with Gasteiger partial charge in [-0.3, -0.25) is 4.79 Å². The molecule has 0 aliphatic rings. The Bertz CT molecular complexity index is 448. The molecule has 0 saturated heterocycles. The van der Waals surface area contributed by atoms with Gasteiger partial charge in [0.15, 0.2) is 11.5 Å². The van der Waals surface area contributed by atoms with E-state index < -0.39 is 5.91 Å². The number of rotatable bonds is 9. The number of amides is 1. The molecule has 118 valence electrons.